The van der Waals surface area contributed by atoms with Crippen LogP contribution >= 0.6 is 0 Å². The molecule has 24 nitrogen and oxygen atoms in total. The molecule has 0 aromatic rings. The number of carbonyl (C=O) groups is 10. The fourth-order valence-electron chi connectivity index (χ4n) is 10.7. The van der Waals surface area contributed by atoms with Gasteiger partial charge in [0.15, 0.2) is 0 Å². The van der Waals surface area contributed by atoms with Crippen molar-refractivity contribution in [2.75, 3.05) is 55.4 Å². The van der Waals surface area contributed by atoms with Gasteiger partial charge in [0, 0.05) is 54.7 Å². The lowest BCUT2D eigenvalue weighted by Gasteiger charge is -2.40. The zero-order valence-corrected chi connectivity index (χ0v) is 56.1. The van der Waals surface area contributed by atoms with Crippen LogP contribution in [0.2, 0.25) is 0 Å². The minimum Gasteiger partial charge on any atom is -0.391 e. The van der Waals surface area contributed by atoms with Crippen molar-refractivity contribution in [2.24, 2.45) is 41.4 Å². The van der Waals surface area contributed by atoms with Crippen molar-refractivity contribution in [3.05, 3.63) is 0 Å². The molecule has 0 spiro atoms. The number of ether oxygens (including phenoxy) is 1. The minimum absolute atomic E-state index is 0.0413. The normalized spacial score (nSPS) is 26.0. The van der Waals surface area contributed by atoms with E-state index in [9.17, 15) is 53.4 Å². The molecule has 490 valence electrons. The molecular weight excluding hydrogens is 1090 g/mol. The fraction of sp³-hybridized carbons (Fsp3) is 0.836. The number of cyclic esters (lactones) is 2. The Bertz CT molecular complexity index is 2230. The van der Waals surface area contributed by atoms with Crippen LogP contribution < -0.4 is 21.3 Å². The van der Waals surface area contributed by atoms with Gasteiger partial charge in [0.1, 0.15) is 42.3 Å². The first-order valence-electron chi connectivity index (χ1n) is 30.6. The van der Waals surface area contributed by atoms with Gasteiger partial charge >= 0.3 is 12.1 Å². The average Bonchev–Trinajstić information content (AvgIpc) is 3.55. The summed E-state index contributed by atoms with van der Waals surface area (Å²) in [6.45, 7) is 31.5. The molecular formula is C61H113N11O13. The van der Waals surface area contributed by atoms with E-state index in [-0.39, 0.29) is 73.8 Å². The summed E-state index contributed by atoms with van der Waals surface area (Å²) in [6.07, 6.45) is -4.18. The number of hydrogen-bond acceptors (Lipinski definition) is 15. The van der Waals surface area contributed by atoms with Crippen molar-refractivity contribution in [2.45, 2.75) is 236 Å². The Morgan fingerprint density at radius 2 is 1.05 bits per heavy atom. The summed E-state index contributed by atoms with van der Waals surface area (Å²) in [5, 5.41) is 35.4. The van der Waals surface area contributed by atoms with Crippen LogP contribution in [0.1, 0.15) is 163 Å². The number of nitrogens with one attached hydrogen (secondary N) is 4. The average molecular weight is 1210 g/mol. The summed E-state index contributed by atoms with van der Waals surface area (Å²) >= 11 is 0. The van der Waals surface area contributed by atoms with E-state index in [1.54, 1.807) is 39.6 Å². The van der Waals surface area contributed by atoms with E-state index >= 15 is 4.79 Å². The van der Waals surface area contributed by atoms with E-state index in [0.717, 1.165) is 14.7 Å². The third kappa shape index (κ3) is 23.6. The lowest BCUT2D eigenvalue weighted by atomic mass is 9.91. The highest BCUT2D eigenvalue weighted by atomic mass is 16.6. The summed E-state index contributed by atoms with van der Waals surface area (Å²) in [5.74, 6) is -8.31. The maximum absolute atomic E-state index is 15.2. The molecule has 6 N–H and O–H groups in total. The molecule has 1 fully saturated rings. The van der Waals surface area contributed by atoms with Gasteiger partial charge < -0.3 is 55.4 Å². The van der Waals surface area contributed by atoms with Crippen LogP contribution in [-0.4, -0.2) is 232 Å². The second kappa shape index (κ2) is 35.4. The van der Waals surface area contributed by atoms with Crippen molar-refractivity contribution in [1.29, 1.82) is 0 Å². The van der Waals surface area contributed by atoms with Crippen LogP contribution in [0.15, 0.2) is 0 Å². The summed E-state index contributed by atoms with van der Waals surface area (Å²) in [4.78, 5) is 153. The van der Waals surface area contributed by atoms with Gasteiger partial charge in [-0.15, -0.1) is 0 Å². The molecule has 3 unspecified atom stereocenters. The van der Waals surface area contributed by atoms with E-state index in [4.69, 9.17) is 4.74 Å². The molecule has 9 amide bonds. The highest BCUT2D eigenvalue weighted by molar-refractivity contribution is 5.98. The SMILES string of the molecule is CC(=O)N(CC[C@@H](C)[C@@H](O)C1C(=O)NC([C@@H](C)O)C(=O)N(C)CC(=O)N(C)[C@@H](CC(C)C)C(=O)N[C@H](CC(C)C)N(C)[C@H](CC(C)C)N[C@H](C)C(=O)OC(=O)N(C)[C@H](CC(C)C)C(=O)N[C@H](CC(C)C)C(=O)N(C)C(C(C)C)C(=O)N1C)C(C)C. The molecule has 0 aliphatic carbocycles. The maximum Gasteiger partial charge on any atom is 0.417 e. The van der Waals surface area contributed by atoms with Gasteiger partial charge in [-0.3, -0.25) is 53.5 Å². The quantitative estimate of drug-likeness (QED) is 0.0847. The van der Waals surface area contributed by atoms with Gasteiger partial charge in [-0.05, 0) is 115 Å². The predicted molar refractivity (Wildman–Crippen MR) is 326 cm³/mol. The van der Waals surface area contributed by atoms with Gasteiger partial charge in [-0.1, -0.05) is 90.0 Å². The zero-order chi connectivity index (χ0) is 66.0. The third-order valence-electron chi connectivity index (χ3n) is 15.8. The highest BCUT2D eigenvalue weighted by Gasteiger charge is 2.45. The van der Waals surface area contributed by atoms with Crippen molar-refractivity contribution >= 4 is 59.3 Å². The molecule has 1 heterocycles. The fourth-order valence-corrected chi connectivity index (χ4v) is 10.7. The second-order valence-corrected chi connectivity index (χ2v) is 26.7. The predicted octanol–water partition coefficient (Wildman–Crippen LogP) is 3.46. The number of likely N-dealkylation sites (N-methyl/N-ethyl adjacent to an activating group) is 5. The Morgan fingerprint density at radius 1 is 0.576 bits per heavy atom. The zero-order valence-electron chi connectivity index (χ0n) is 56.1. The number of amides is 9. The van der Waals surface area contributed by atoms with E-state index in [1.807, 2.05) is 88.0 Å². The van der Waals surface area contributed by atoms with Crippen LogP contribution in [0.3, 0.4) is 0 Å². The standard InChI is InChI=1S/C61H113N11O13/c1-33(2)27-44-57(80)70(23)51(38(11)12)59(82)71(24)52(53(76)40(15)25-26-72(39(13)14)43(18)74)56(79)65-50(42(17)73)58(81)66(19)32-49(75)67(20)45(28-34(3)4)55(78)64-48(31-37(9)10)69(22)47(30-36(7)8)62-41(16)60(83)85-61(84)68(21)46(29-35(5)6)54(77)63-44/h33-42,44-48,50-53,62,73,76H,25-32H2,1-24H3,(H,63,77)(H,64,78)(H,65,79)/t40-,41-,42-,44-,45+,46-,47-,48+,50?,51?,52?,53-/m1/s1. The molecule has 0 radical (unpaired) electrons. The van der Waals surface area contributed by atoms with E-state index in [0.29, 0.717) is 12.8 Å². The number of rotatable bonds is 18. The Hall–Kier alpha value is -5.46. The highest BCUT2D eigenvalue weighted by Crippen LogP contribution is 2.25. The van der Waals surface area contributed by atoms with E-state index < -0.39 is 139 Å². The number of aliphatic hydroxyl groups excluding tert-OH is 2. The first-order chi connectivity index (χ1) is 39.1. The van der Waals surface area contributed by atoms with Crippen LogP contribution in [-0.2, 0) is 47.9 Å². The molecule has 0 aromatic carbocycles. The molecule has 24 heteroatoms. The summed E-state index contributed by atoms with van der Waals surface area (Å²) in [6, 6.07) is -9.73. The topological polar surface area (TPSA) is 291 Å². The van der Waals surface area contributed by atoms with Crippen LogP contribution in [0.25, 0.3) is 0 Å². The molecule has 0 bridgehead atoms. The maximum atomic E-state index is 15.2. The smallest absolute Gasteiger partial charge is 0.391 e. The van der Waals surface area contributed by atoms with Gasteiger partial charge in [0.2, 0.25) is 47.3 Å². The van der Waals surface area contributed by atoms with Gasteiger partial charge in [0.25, 0.3) is 0 Å². The number of esters is 1. The first-order valence-corrected chi connectivity index (χ1v) is 30.6. The van der Waals surface area contributed by atoms with Crippen LogP contribution in [0.4, 0.5) is 4.79 Å². The van der Waals surface area contributed by atoms with Crippen LogP contribution in [0.5, 0.6) is 0 Å². The van der Waals surface area contributed by atoms with Crippen molar-refractivity contribution < 1.29 is 62.9 Å². The van der Waals surface area contributed by atoms with Gasteiger partial charge in [-0.2, -0.15) is 0 Å². The Labute approximate surface area is 508 Å². The third-order valence-corrected chi connectivity index (χ3v) is 15.8. The number of aliphatic hydroxyl groups is 2. The molecule has 12 atom stereocenters. The molecule has 1 aliphatic rings. The molecule has 1 rings (SSSR count). The van der Waals surface area contributed by atoms with Crippen molar-refractivity contribution in [3.63, 3.8) is 0 Å². The molecule has 0 saturated carbocycles. The van der Waals surface area contributed by atoms with Crippen LogP contribution in [0, 0.1) is 41.4 Å². The Morgan fingerprint density at radius 3 is 1.51 bits per heavy atom. The van der Waals surface area contributed by atoms with E-state index in [2.05, 4.69) is 21.3 Å². The molecule has 85 heavy (non-hydrogen) atoms. The minimum atomic E-state index is -1.79. The molecule has 1 aliphatic heterocycles. The van der Waals surface area contributed by atoms with Crippen molar-refractivity contribution in [3.8, 4) is 0 Å². The summed E-state index contributed by atoms with van der Waals surface area (Å²) in [5.41, 5.74) is 0. The molecule has 0 aromatic heterocycles. The number of hydrogen-bond donors (Lipinski definition) is 6. The number of carbonyl (C=O) groups excluding carboxylic acids is 10. The molecule has 1 saturated heterocycles. The lowest BCUT2D eigenvalue weighted by Crippen LogP contribution is -2.64. The van der Waals surface area contributed by atoms with Gasteiger partial charge in [-0.25, -0.2) is 9.59 Å². The second-order valence-electron chi connectivity index (χ2n) is 26.7. The lowest BCUT2D eigenvalue weighted by molar-refractivity contribution is -0.155. The summed E-state index contributed by atoms with van der Waals surface area (Å²) in [7, 11) is 8.53. The van der Waals surface area contributed by atoms with Crippen molar-refractivity contribution in [1.82, 2.24) is 55.6 Å². The summed E-state index contributed by atoms with van der Waals surface area (Å²) < 4.78 is 5.48. The van der Waals surface area contributed by atoms with Gasteiger partial charge in [0.05, 0.1) is 31.1 Å². The first kappa shape index (κ1) is 77.6. The monoisotopic (exact) mass is 1210 g/mol. The number of nitrogens with zero attached hydrogens (tertiary/aromatic N) is 7. The largest absolute Gasteiger partial charge is 0.417 e. The Balaban J connectivity index is 4.37. The Kier molecular flexibility index (Phi) is 32.3. The van der Waals surface area contributed by atoms with E-state index in [1.165, 1.54) is 58.9 Å².